The van der Waals surface area contributed by atoms with Crippen LogP contribution in [-0.4, -0.2) is 38.6 Å². The van der Waals surface area contributed by atoms with Gasteiger partial charge in [-0.05, 0) is 62.9 Å². The van der Waals surface area contributed by atoms with Gasteiger partial charge in [0.2, 0.25) is 11.8 Å². The van der Waals surface area contributed by atoms with E-state index in [1.54, 1.807) is 24.3 Å². The largest absolute Gasteiger partial charge is 0.376 e. The summed E-state index contributed by atoms with van der Waals surface area (Å²) in [4.78, 5) is 24.7. The van der Waals surface area contributed by atoms with Crippen LogP contribution in [-0.2, 0) is 19.4 Å². The Hall–Kier alpha value is -2.87. The summed E-state index contributed by atoms with van der Waals surface area (Å²) in [6.07, 6.45) is 3.29. The van der Waals surface area contributed by atoms with E-state index in [0.29, 0.717) is 18.5 Å². The van der Waals surface area contributed by atoms with Gasteiger partial charge in [0.25, 0.3) is 0 Å². The molecule has 0 saturated heterocycles. The summed E-state index contributed by atoms with van der Waals surface area (Å²) < 4.78 is 25.5. The Morgan fingerprint density at radius 3 is 2.25 bits per heavy atom. The van der Waals surface area contributed by atoms with Crippen molar-refractivity contribution in [3.63, 3.8) is 0 Å². The lowest BCUT2D eigenvalue weighted by molar-refractivity contribution is -0.122. The predicted octanol–water partition coefficient (Wildman–Crippen LogP) is 3.49. The van der Waals surface area contributed by atoms with Gasteiger partial charge in [-0.15, -0.1) is 0 Å². The van der Waals surface area contributed by atoms with E-state index in [9.17, 15) is 18.0 Å². The lowest BCUT2D eigenvalue weighted by Gasteiger charge is -2.14. The van der Waals surface area contributed by atoms with E-state index < -0.39 is 9.84 Å². The first kappa shape index (κ1) is 23.8. The van der Waals surface area contributed by atoms with E-state index in [1.807, 2.05) is 32.9 Å². The maximum absolute atomic E-state index is 12.8. The molecule has 3 rings (SSSR count). The fourth-order valence-corrected chi connectivity index (χ4v) is 6.06. The van der Waals surface area contributed by atoms with Gasteiger partial charge in [-0.25, -0.2) is 8.42 Å². The van der Waals surface area contributed by atoms with Gasteiger partial charge in [0.1, 0.15) is 0 Å². The molecule has 1 aliphatic carbocycles. The molecule has 2 amide bonds. The maximum Gasteiger partial charge on any atom is 0.243 e. The SMILES string of the molecule is Cc1cc(C)c(NC(=O)CNC(=O)CNc2cccc(S(=O)(=O)C3CCCC3)c2)c(C)c1. The monoisotopic (exact) mass is 457 g/mol. The molecule has 0 bridgehead atoms. The molecule has 2 aromatic carbocycles. The van der Waals surface area contributed by atoms with Crippen molar-refractivity contribution in [1.29, 1.82) is 0 Å². The zero-order valence-corrected chi connectivity index (χ0v) is 19.6. The van der Waals surface area contributed by atoms with E-state index in [0.717, 1.165) is 35.2 Å². The summed E-state index contributed by atoms with van der Waals surface area (Å²) in [5.74, 6) is -0.667. The number of hydrogen-bond donors (Lipinski definition) is 3. The molecule has 3 N–H and O–H groups in total. The Morgan fingerprint density at radius 2 is 1.59 bits per heavy atom. The minimum atomic E-state index is -3.35. The third-order valence-electron chi connectivity index (χ3n) is 5.74. The summed E-state index contributed by atoms with van der Waals surface area (Å²) in [7, 11) is -3.35. The zero-order valence-electron chi connectivity index (χ0n) is 18.8. The molecular formula is C24H31N3O4S. The van der Waals surface area contributed by atoms with Crippen LogP contribution in [0.5, 0.6) is 0 Å². The fraction of sp³-hybridized carbons (Fsp3) is 0.417. The number of anilines is 2. The van der Waals surface area contributed by atoms with E-state index in [4.69, 9.17) is 0 Å². The van der Waals surface area contributed by atoms with Crippen molar-refractivity contribution in [1.82, 2.24) is 5.32 Å². The highest BCUT2D eigenvalue weighted by Gasteiger charge is 2.30. The van der Waals surface area contributed by atoms with Gasteiger partial charge in [0.05, 0.1) is 23.2 Å². The predicted molar refractivity (Wildman–Crippen MR) is 127 cm³/mol. The molecule has 32 heavy (non-hydrogen) atoms. The second-order valence-electron chi connectivity index (χ2n) is 8.43. The minimum absolute atomic E-state index is 0.0667. The van der Waals surface area contributed by atoms with Gasteiger partial charge < -0.3 is 16.0 Å². The van der Waals surface area contributed by atoms with Crippen molar-refractivity contribution in [3.8, 4) is 0 Å². The molecule has 0 radical (unpaired) electrons. The molecule has 0 aliphatic heterocycles. The van der Waals surface area contributed by atoms with Crippen LogP contribution < -0.4 is 16.0 Å². The van der Waals surface area contributed by atoms with Crippen molar-refractivity contribution in [2.24, 2.45) is 0 Å². The molecule has 1 fully saturated rings. The first-order valence-electron chi connectivity index (χ1n) is 10.9. The smallest absolute Gasteiger partial charge is 0.243 e. The van der Waals surface area contributed by atoms with Crippen LogP contribution >= 0.6 is 0 Å². The number of carbonyl (C=O) groups excluding carboxylic acids is 2. The molecule has 172 valence electrons. The van der Waals surface area contributed by atoms with Crippen LogP contribution in [0.2, 0.25) is 0 Å². The van der Waals surface area contributed by atoms with Gasteiger partial charge in [-0.2, -0.15) is 0 Å². The highest BCUT2D eigenvalue weighted by molar-refractivity contribution is 7.92. The Labute approximate surface area is 189 Å². The van der Waals surface area contributed by atoms with E-state index in [-0.39, 0.29) is 35.0 Å². The normalized spacial score (nSPS) is 14.2. The topological polar surface area (TPSA) is 104 Å². The second kappa shape index (κ2) is 10.2. The van der Waals surface area contributed by atoms with Gasteiger partial charge in [-0.3, -0.25) is 9.59 Å². The Balaban J connectivity index is 1.50. The van der Waals surface area contributed by atoms with Crippen molar-refractivity contribution in [2.75, 3.05) is 23.7 Å². The molecule has 0 unspecified atom stereocenters. The number of benzene rings is 2. The molecule has 1 aliphatic rings. The van der Waals surface area contributed by atoms with Crippen LogP contribution in [0, 0.1) is 20.8 Å². The molecule has 7 nitrogen and oxygen atoms in total. The number of carbonyl (C=O) groups is 2. The third kappa shape index (κ3) is 5.88. The Morgan fingerprint density at radius 1 is 0.938 bits per heavy atom. The number of sulfone groups is 1. The maximum atomic E-state index is 12.8. The first-order chi connectivity index (χ1) is 15.2. The number of nitrogens with one attached hydrogen (secondary N) is 3. The Bertz CT molecular complexity index is 1080. The lowest BCUT2D eigenvalue weighted by atomic mass is 10.1. The van der Waals surface area contributed by atoms with E-state index in [2.05, 4.69) is 16.0 Å². The highest BCUT2D eigenvalue weighted by atomic mass is 32.2. The van der Waals surface area contributed by atoms with Gasteiger partial charge >= 0.3 is 0 Å². The highest BCUT2D eigenvalue weighted by Crippen LogP contribution is 2.30. The molecule has 1 saturated carbocycles. The molecule has 0 aromatic heterocycles. The van der Waals surface area contributed by atoms with Crippen LogP contribution in [0.4, 0.5) is 11.4 Å². The number of amides is 2. The molecule has 2 aromatic rings. The first-order valence-corrected chi connectivity index (χ1v) is 12.4. The van der Waals surface area contributed by atoms with Crippen LogP contribution in [0.15, 0.2) is 41.3 Å². The summed E-state index contributed by atoms with van der Waals surface area (Å²) in [5.41, 5.74) is 4.37. The van der Waals surface area contributed by atoms with Gasteiger partial charge in [0, 0.05) is 11.4 Å². The van der Waals surface area contributed by atoms with E-state index in [1.165, 1.54) is 0 Å². The summed E-state index contributed by atoms with van der Waals surface area (Å²) in [6, 6.07) is 10.5. The quantitative estimate of drug-likeness (QED) is 0.563. The van der Waals surface area contributed by atoms with Crippen molar-refractivity contribution >= 4 is 33.0 Å². The summed E-state index contributed by atoms with van der Waals surface area (Å²) in [5, 5.41) is 8.04. The van der Waals surface area contributed by atoms with Crippen LogP contribution in [0.25, 0.3) is 0 Å². The summed E-state index contributed by atoms with van der Waals surface area (Å²) in [6.45, 7) is 5.64. The average molecular weight is 458 g/mol. The van der Waals surface area contributed by atoms with Crippen molar-refractivity contribution in [3.05, 3.63) is 53.1 Å². The molecule has 0 spiro atoms. The Kier molecular flexibility index (Phi) is 7.56. The molecule has 0 atom stereocenters. The molecule has 8 heteroatoms. The fourth-order valence-electron chi connectivity index (χ4n) is 4.16. The van der Waals surface area contributed by atoms with Crippen molar-refractivity contribution < 1.29 is 18.0 Å². The van der Waals surface area contributed by atoms with Crippen LogP contribution in [0.1, 0.15) is 42.4 Å². The zero-order chi connectivity index (χ0) is 23.3. The van der Waals surface area contributed by atoms with E-state index >= 15 is 0 Å². The number of rotatable bonds is 8. The van der Waals surface area contributed by atoms with Gasteiger partial charge in [0.15, 0.2) is 9.84 Å². The second-order valence-corrected chi connectivity index (χ2v) is 10.7. The van der Waals surface area contributed by atoms with Gasteiger partial charge in [-0.1, -0.05) is 36.6 Å². The third-order valence-corrected chi connectivity index (χ3v) is 8.00. The minimum Gasteiger partial charge on any atom is -0.376 e. The number of hydrogen-bond acceptors (Lipinski definition) is 5. The standard InChI is InChI=1S/C24H31N3O4S/c1-16-11-17(2)24(18(3)12-16)27-23(29)15-26-22(28)14-25-19-7-6-10-21(13-19)32(30,31)20-8-4-5-9-20/h6-7,10-13,20,25H,4-5,8-9,14-15H2,1-3H3,(H,26,28)(H,27,29). The van der Waals surface area contributed by atoms with Crippen LogP contribution in [0.3, 0.4) is 0 Å². The summed E-state index contributed by atoms with van der Waals surface area (Å²) >= 11 is 0. The van der Waals surface area contributed by atoms with Crippen molar-refractivity contribution in [2.45, 2.75) is 56.6 Å². The molecule has 0 heterocycles. The lowest BCUT2D eigenvalue weighted by Crippen LogP contribution is -2.36. The number of aryl methyl sites for hydroxylation is 3. The average Bonchev–Trinajstić information content (AvgIpc) is 3.29. The molecular weight excluding hydrogens is 426 g/mol.